The van der Waals surface area contributed by atoms with E-state index in [1.54, 1.807) is 6.08 Å². The lowest BCUT2D eigenvalue weighted by atomic mass is 9.93. The van der Waals surface area contributed by atoms with Crippen LogP contribution in [0.3, 0.4) is 0 Å². The predicted molar refractivity (Wildman–Crippen MR) is 52.0 cm³/mol. The van der Waals surface area contributed by atoms with Crippen molar-refractivity contribution in [2.24, 2.45) is 16.1 Å². The maximum atomic E-state index is 7.56. The van der Waals surface area contributed by atoms with Gasteiger partial charge in [-0.15, -0.1) is 0 Å². The number of nitrogens with two attached hydrogens (primary N) is 1. The van der Waals surface area contributed by atoms with Crippen molar-refractivity contribution in [3.8, 4) is 0 Å². The molecule has 0 amide bonds. The first kappa shape index (κ1) is 9.13. The second-order valence-electron chi connectivity index (χ2n) is 3.70. The lowest BCUT2D eigenvalue weighted by Gasteiger charge is -2.14. The lowest BCUT2D eigenvalue weighted by molar-refractivity contribution is 0.498. The van der Waals surface area contributed by atoms with E-state index in [0.717, 1.165) is 6.54 Å². The number of nitrogens with zero attached hydrogens (tertiary/aromatic N) is 1. The van der Waals surface area contributed by atoms with Crippen LogP contribution in [0.2, 0.25) is 0 Å². The molecule has 1 heterocycles. The summed E-state index contributed by atoms with van der Waals surface area (Å²) in [4.78, 5) is 4.28. The molecule has 3 heteroatoms. The third-order valence-electron chi connectivity index (χ3n) is 1.88. The van der Waals surface area contributed by atoms with E-state index in [1.807, 2.05) is 6.08 Å². The van der Waals surface area contributed by atoms with Gasteiger partial charge in [0.25, 0.3) is 0 Å². The summed E-state index contributed by atoms with van der Waals surface area (Å²) in [5, 5.41) is 7.56. The van der Waals surface area contributed by atoms with E-state index in [0.29, 0.717) is 18.0 Å². The van der Waals surface area contributed by atoms with Gasteiger partial charge in [0.15, 0.2) is 0 Å². The van der Waals surface area contributed by atoms with Crippen molar-refractivity contribution in [1.82, 2.24) is 0 Å². The van der Waals surface area contributed by atoms with E-state index in [2.05, 4.69) is 18.8 Å². The molecule has 0 aromatic heterocycles. The van der Waals surface area contributed by atoms with Crippen LogP contribution in [-0.2, 0) is 0 Å². The van der Waals surface area contributed by atoms with Crippen molar-refractivity contribution < 1.29 is 0 Å². The Morgan fingerprint density at radius 3 is 2.92 bits per heavy atom. The molecule has 0 aromatic rings. The van der Waals surface area contributed by atoms with Crippen molar-refractivity contribution in [1.29, 1.82) is 5.41 Å². The molecular weight excluding hydrogens is 150 g/mol. The second kappa shape index (κ2) is 3.19. The first-order valence-corrected chi connectivity index (χ1v) is 4.07. The van der Waals surface area contributed by atoms with E-state index in [1.165, 1.54) is 0 Å². The van der Waals surface area contributed by atoms with Crippen LogP contribution in [0.1, 0.15) is 13.8 Å². The van der Waals surface area contributed by atoms with Crippen LogP contribution in [-0.4, -0.2) is 24.5 Å². The van der Waals surface area contributed by atoms with Crippen LogP contribution >= 0.6 is 0 Å². The molecule has 0 fully saturated rings. The third-order valence-corrected chi connectivity index (χ3v) is 1.88. The number of nitrogens with one attached hydrogen (secondary N) is 1. The van der Waals surface area contributed by atoms with E-state index >= 15 is 0 Å². The Kier molecular flexibility index (Phi) is 2.43. The molecule has 12 heavy (non-hydrogen) atoms. The minimum Gasteiger partial charge on any atom is -0.325 e. The summed E-state index contributed by atoms with van der Waals surface area (Å²) in [6.45, 7) is 5.27. The van der Waals surface area contributed by atoms with Crippen LogP contribution in [0, 0.1) is 10.8 Å². The molecule has 1 aliphatic rings. The summed E-state index contributed by atoms with van der Waals surface area (Å²) < 4.78 is 0. The van der Waals surface area contributed by atoms with Crippen LogP contribution in [0.5, 0.6) is 0 Å². The zero-order valence-electron chi connectivity index (χ0n) is 7.59. The van der Waals surface area contributed by atoms with Gasteiger partial charge >= 0.3 is 0 Å². The maximum absolute atomic E-state index is 7.56. The van der Waals surface area contributed by atoms with Gasteiger partial charge in [0.1, 0.15) is 0 Å². The summed E-state index contributed by atoms with van der Waals surface area (Å²) in [6.07, 6.45) is 3.81. The highest BCUT2D eigenvalue weighted by Crippen LogP contribution is 2.19. The van der Waals surface area contributed by atoms with Gasteiger partial charge in [-0.1, -0.05) is 19.9 Å². The summed E-state index contributed by atoms with van der Waals surface area (Å²) in [5.74, 6) is 0. The average molecular weight is 165 g/mol. The summed E-state index contributed by atoms with van der Waals surface area (Å²) >= 11 is 0. The first-order valence-electron chi connectivity index (χ1n) is 4.07. The smallest absolute Gasteiger partial charge is 0.0760 e. The Labute approximate surface area is 72.9 Å². The van der Waals surface area contributed by atoms with E-state index < -0.39 is 0 Å². The molecule has 0 aromatic carbocycles. The number of rotatable bonds is 1. The van der Waals surface area contributed by atoms with Gasteiger partial charge in [0.2, 0.25) is 0 Å². The Hall–Kier alpha value is -0.960. The summed E-state index contributed by atoms with van der Waals surface area (Å²) in [5.41, 5.74) is 6.66. The van der Waals surface area contributed by atoms with Crippen LogP contribution in [0.25, 0.3) is 0 Å². The van der Waals surface area contributed by atoms with Crippen LogP contribution < -0.4 is 5.73 Å². The fourth-order valence-corrected chi connectivity index (χ4v) is 1.02. The highest BCUT2D eigenvalue weighted by Gasteiger charge is 2.17. The minimum absolute atomic E-state index is 0.0588. The molecule has 66 valence electrons. The van der Waals surface area contributed by atoms with Crippen LogP contribution in [0.4, 0.5) is 0 Å². The quantitative estimate of drug-likeness (QED) is 0.598. The predicted octanol–water partition coefficient (Wildman–Crippen LogP) is 1.00. The third kappa shape index (κ3) is 2.01. The number of hydrogen-bond donors (Lipinski definition) is 2. The van der Waals surface area contributed by atoms with Gasteiger partial charge in [-0.2, -0.15) is 0 Å². The standard InChI is InChI=1S/C9H15N3/c1-9(2)4-3-7(11)8(5-10)12-6-9/h3-4,11H,5-6,10H2,1-2H3. The Bertz CT molecular complexity index is 248. The normalized spacial score (nSPS) is 21.9. The van der Waals surface area contributed by atoms with Gasteiger partial charge < -0.3 is 5.73 Å². The monoisotopic (exact) mass is 165 g/mol. The van der Waals surface area contributed by atoms with Crippen molar-refractivity contribution in [3.05, 3.63) is 12.2 Å². The number of hydrogen-bond acceptors (Lipinski definition) is 3. The fourth-order valence-electron chi connectivity index (χ4n) is 1.02. The van der Waals surface area contributed by atoms with E-state index in [9.17, 15) is 0 Å². The lowest BCUT2D eigenvalue weighted by Crippen LogP contribution is -2.21. The average Bonchev–Trinajstić information content (AvgIpc) is 2.13. The van der Waals surface area contributed by atoms with Crippen molar-refractivity contribution in [3.63, 3.8) is 0 Å². The Morgan fingerprint density at radius 1 is 1.67 bits per heavy atom. The van der Waals surface area contributed by atoms with Gasteiger partial charge in [-0.05, 0) is 6.08 Å². The molecule has 3 N–H and O–H groups in total. The molecule has 0 aliphatic carbocycles. The largest absolute Gasteiger partial charge is 0.325 e. The van der Waals surface area contributed by atoms with Gasteiger partial charge in [-0.3, -0.25) is 10.4 Å². The Balaban J connectivity index is 2.91. The zero-order valence-corrected chi connectivity index (χ0v) is 7.59. The molecule has 0 spiro atoms. The molecule has 0 bridgehead atoms. The van der Waals surface area contributed by atoms with Gasteiger partial charge in [-0.25, -0.2) is 0 Å². The molecule has 0 saturated heterocycles. The Morgan fingerprint density at radius 2 is 2.33 bits per heavy atom. The van der Waals surface area contributed by atoms with E-state index in [-0.39, 0.29) is 5.41 Å². The fraction of sp³-hybridized carbons (Fsp3) is 0.556. The number of allylic oxidation sites excluding steroid dienone is 1. The minimum atomic E-state index is 0.0588. The second-order valence-corrected chi connectivity index (χ2v) is 3.70. The topological polar surface area (TPSA) is 62.2 Å². The molecule has 0 saturated carbocycles. The van der Waals surface area contributed by atoms with Crippen LogP contribution in [0.15, 0.2) is 17.1 Å². The molecule has 0 radical (unpaired) electrons. The molecular formula is C9H15N3. The van der Waals surface area contributed by atoms with Gasteiger partial charge in [0.05, 0.1) is 11.4 Å². The van der Waals surface area contributed by atoms with E-state index in [4.69, 9.17) is 11.1 Å². The molecule has 0 unspecified atom stereocenters. The molecule has 0 atom stereocenters. The summed E-state index contributed by atoms with van der Waals surface area (Å²) in [6, 6.07) is 0. The highest BCUT2D eigenvalue weighted by molar-refractivity contribution is 6.46. The highest BCUT2D eigenvalue weighted by atomic mass is 14.8. The van der Waals surface area contributed by atoms with Crippen molar-refractivity contribution in [2.45, 2.75) is 13.8 Å². The number of aliphatic imine (C=N–C) groups is 1. The molecule has 1 rings (SSSR count). The maximum Gasteiger partial charge on any atom is 0.0760 e. The zero-order chi connectivity index (χ0) is 9.19. The van der Waals surface area contributed by atoms with Crippen molar-refractivity contribution >= 4 is 11.4 Å². The molecule has 1 aliphatic heterocycles. The van der Waals surface area contributed by atoms with Gasteiger partial charge in [0, 0.05) is 18.5 Å². The first-order chi connectivity index (χ1) is 5.55. The summed E-state index contributed by atoms with van der Waals surface area (Å²) in [7, 11) is 0. The molecule has 3 nitrogen and oxygen atoms in total. The van der Waals surface area contributed by atoms with Crippen molar-refractivity contribution in [2.75, 3.05) is 13.1 Å². The SMILES string of the molecule is CC1(C)C=CC(=N)C(CN)=NC1.